The summed E-state index contributed by atoms with van der Waals surface area (Å²) in [5.74, 6) is 0.659. The molecule has 16 aromatic rings. The molecule has 17 rings (SSSR count). The van der Waals surface area contributed by atoms with Crippen LogP contribution in [-0.4, -0.2) is 19.1 Å². The van der Waals surface area contributed by atoms with E-state index in [1.807, 2.05) is 17.4 Å². The van der Waals surface area contributed by atoms with Crippen LogP contribution in [0, 0.1) is 0 Å². The van der Waals surface area contributed by atoms with Gasteiger partial charge in [-0.2, -0.15) is 0 Å². The highest BCUT2D eigenvalue weighted by atomic mass is 32.1. The van der Waals surface area contributed by atoms with Crippen molar-refractivity contribution in [3.63, 3.8) is 0 Å². The van der Waals surface area contributed by atoms with Crippen molar-refractivity contribution in [2.75, 3.05) is 0 Å². The zero-order chi connectivity index (χ0) is 46.8. The molecule has 1 aliphatic heterocycles. The van der Waals surface area contributed by atoms with Gasteiger partial charge in [-0.3, -0.25) is 0 Å². The fourth-order valence-corrected chi connectivity index (χ4v) is 13.6. The van der Waals surface area contributed by atoms with Gasteiger partial charge in [0.05, 0.1) is 39.1 Å². The molecule has 0 atom stereocenters. The molecule has 11 aromatic carbocycles. The molecule has 6 heterocycles. The van der Waals surface area contributed by atoms with Crippen molar-refractivity contribution >= 4 is 119 Å². The van der Waals surface area contributed by atoms with Gasteiger partial charge >= 0.3 is 0 Å². The van der Waals surface area contributed by atoms with Crippen LogP contribution in [0.5, 0.6) is 0 Å². The van der Waals surface area contributed by atoms with Gasteiger partial charge in [-0.15, -0.1) is 11.3 Å². The first-order valence-corrected chi connectivity index (χ1v) is 25.3. The molecule has 0 amide bonds. The molecule has 0 saturated heterocycles. The van der Waals surface area contributed by atoms with Gasteiger partial charge in [-0.25, -0.2) is 9.97 Å². The molecular formula is C66H36N4OS. The Bertz CT molecular complexity index is 5050. The number of benzene rings is 11. The molecule has 0 radical (unpaired) electrons. The lowest BCUT2D eigenvalue weighted by molar-refractivity contribution is 0.669. The molecular weight excluding hydrogens is 897 g/mol. The second-order valence-electron chi connectivity index (χ2n) is 19.2. The number of para-hydroxylation sites is 4. The van der Waals surface area contributed by atoms with Crippen LogP contribution in [0.2, 0.25) is 0 Å². The Kier molecular flexibility index (Phi) is 7.55. The van der Waals surface area contributed by atoms with E-state index in [0.717, 1.165) is 105 Å². The first-order chi connectivity index (χ1) is 35.7. The summed E-state index contributed by atoms with van der Waals surface area (Å²) >= 11 is 1.88. The van der Waals surface area contributed by atoms with E-state index in [1.165, 1.54) is 52.5 Å². The third kappa shape index (κ3) is 5.10. The van der Waals surface area contributed by atoms with Gasteiger partial charge in [0, 0.05) is 91.4 Å². The minimum atomic E-state index is 0.659. The molecule has 72 heavy (non-hydrogen) atoms. The van der Waals surface area contributed by atoms with E-state index in [4.69, 9.17) is 14.4 Å². The van der Waals surface area contributed by atoms with Crippen molar-refractivity contribution in [3.8, 4) is 56.4 Å². The van der Waals surface area contributed by atoms with Crippen LogP contribution >= 0.6 is 11.3 Å². The Morgan fingerprint density at radius 3 is 1.94 bits per heavy atom. The Hall–Kier alpha value is -9.36. The van der Waals surface area contributed by atoms with E-state index >= 15 is 0 Å². The summed E-state index contributed by atoms with van der Waals surface area (Å²) in [6.07, 6.45) is 0. The van der Waals surface area contributed by atoms with Crippen LogP contribution in [0.4, 0.5) is 0 Å². The lowest BCUT2D eigenvalue weighted by atomic mass is 9.89. The van der Waals surface area contributed by atoms with E-state index in [-0.39, 0.29) is 0 Å². The van der Waals surface area contributed by atoms with Crippen molar-refractivity contribution in [1.29, 1.82) is 0 Å². The molecule has 332 valence electrons. The maximum atomic E-state index is 6.66. The zero-order valence-corrected chi connectivity index (χ0v) is 39.2. The number of fused-ring (bicyclic) bond motifs is 22. The van der Waals surface area contributed by atoms with E-state index in [2.05, 4.69) is 221 Å². The van der Waals surface area contributed by atoms with Gasteiger partial charge in [0.2, 0.25) is 0 Å². The maximum absolute atomic E-state index is 6.66. The Labute approximate surface area is 414 Å². The summed E-state index contributed by atoms with van der Waals surface area (Å²) in [5.41, 5.74) is 15.4. The minimum absolute atomic E-state index is 0.659. The van der Waals surface area contributed by atoms with Gasteiger partial charge in [0.25, 0.3) is 0 Å². The van der Waals surface area contributed by atoms with Gasteiger partial charge in [-0.1, -0.05) is 146 Å². The molecule has 0 fully saturated rings. The molecule has 5 aromatic heterocycles. The van der Waals surface area contributed by atoms with Crippen molar-refractivity contribution in [2.45, 2.75) is 0 Å². The highest BCUT2D eigenvalue weighted by molar-refractivity contribution is 7.26. The van der Waals surface area contributed by atoms with Gasteiger partial charge in [0.1, 0.15) is 11.2 Å². The Morgan fingerprint density at radius 2 is 1.06 bits per heavy atom. The number of hydrogen-bond acceptors (Lipinski definition) is 4. The fraction of sp³-hybridized carbons (Fsp3) is 0. The smallest absolute Gasteiger partial charge is 0.160 e. The molecule has 5 nitrogen and oxygen atoms in total. The SMILES string of the molecule is c1ccc(-n2c3ccccc3c3cc(-c4nc(-c5ccc6c(c5)oc5ccccc56)c5c(n4)-c4c(c6c7ccccc7sc6c6ccccc46)-n4c6cc7ccccc7cc6c6cccc-5c64)ccc32)cc1. The van der Waals surface area contributed by atoms with Gasteiger partial charge < -0.3 is 13.6 Å². The third-order valence-electron chi connectivity index (χ3n) is 15.4. The average molecular weight is 933 g/mol. The summed E-state index contributed by atoms with van der Waals surface area (Å²) in [7, 11) is 0. The molecule has 1 aliphatic rings. The fourth-order valence-electron chi connectivity index (χ4n) is 12.3. The van der Waals surface area contributed by atoms with Crippen LogP contribution in [-0.2, 0) is 0 Å². The van der Waals surface area contributed by atoms with E-state index in [0.29, 0.717) is 5.82 Å². The van der Waals surface area contributed by atoms with Crippen LogP contribution < -0.4 is 0 Å². The molecule has 0 bridgehead atoms. The molecule has 0 unspecified atom stereocenters. The average Bonchev–Trinajstić information content (AvgIpc) is 4.18. The molecule has 0 spiro atoms. The molecule has 0 aliphatic carbocycles. The van der Waals surface area contributed by atoms with Crippen LogP contribution in [0.15, 0.2) is 223 Å². The maximum Gasteiger partial charge on any atom is 0.160 e. The number of aromatic nitrogens is 4. The second-order valence-corrected chi connectivity index (χ2v) is 20.2. The standard InChI is InChI=1S/C66H36N4OS/c1-2-17-41(18-3-1)69-52-26-11-8-19-42(52)50-34-40(30-32-53(50)69)66-67-61(39-29-31-44-43-20-9-12-27-55(43)71-56(44)36-39)58-49-25-14-24-46-51-33-37-15-4-5-16-38(37)35-54(51)70(63(46)49)64-59(62(58)68-66)45-21-6-7-22-47(45)65-60(64)48-23-10-13-28-57(48)72-65/h1-36H. The number of hydrogen-bond donors (Lipinski definition) is 0. The van der Waals surface area contributed by atoms with Crippen molar-refractivity contribution in [2.24, 2.45) is 0 Å². The summed E-state index contributed by atoms with van der Waals surface area (Å²) in [6.45, 7) is 0. The van der Waals surface area contributed by atoms with Gasteiger partial charge in [-0.05, 0) is 89.0 Å². The third-order valence-corrected chi connectivity index (χ3v) is 16.6. The largest absolute Gasteiger partial charge is 0.456 e. The Morgan fingerprint density at radius 1 is 0.389 bits per heavy atom. The van der Waals surface area contributed by atoms with Crippen molar-refractivity contribution < 1.29 is 4.42 Å². The summed E-state index contributed by atoms with van der Waals surface area (Å²) in [4.78, 5) is 11.8. The van der Waals surface area contributed by atoms with E-state index in [9.17, 15) is 0 Å². The lowest BCUT2D eigenvalue weighted by Crippen LogP contribution is -2.02. The molecule has 6 heteroatoms. The van der Waals surface area contributed by atoms with Crippen LogP contribution in [0.25, 0.3) is 164 Å². The summed E-state index contributed by atoms with van der Waals surface area (Å²) < 4.78 is 14.1. The predicted octanol–water partition coefficient (Wildman–Crippen LogP) is 18.2. The van der Waals surface area contributed by atoms with E-state index < -0.39 is 0 Å². The first kappa shape index (κ1) is 38.5. The summed E-state index contributed by atoms with van der Waals surface area (Å²) in [6, 6.07) is 79.3. The number of thiophene rings is 1. The normalized spacial score (nSPS) is 12.4. The number of furan rings is 1. The monoisotopic (exact) mass is 932 g/mol. The molecule has 0 N–H and O–H groups in total. The van der Waals surface area contributed by atoms with Crippen LogP contribution in [0.1, 0.15) is 0 Å². The van der Waals surface area contributed by atoms with Crippen LogP contribution in [0.3, 0.4) is 0 Å². The summed E-state index contributed by atoms with van der Waals surface area (Å²) in [5, 5.41) is 14.2. The lowest BCUT2D eigenvalue weighted by Gasteiger charge is -2.19. The first-order valence-electron chi connectivity index (χ1n) is 24.5. The predicted molar refractivity (Wildman–Crippen MR) is 301 cm³/mol. The van der Waals surface area contributed by atoms with Gasteiger partial charge in [0.15, 0.2) is 5.82 Å². The zero-order valence-electron chi connectivity index (χ0n) is 38.4. The molecule has 0 saturated carbocycles. The number of rotatable bonds is 3. The number of nitrogens with zero attached hydrogens (tertiary/aromatic N) is 4. The highest BCUT2D eigenvalue weighted by Gasteiger charge is 2.34. The van der Waals surface area contributed by atoms with Crippen molar-refractivity contribution in [1.82, 2.24) is 19.1 Å². The highest BCUT2D eigenvalue weighted by Crippen LogP contribution is 2.56. The second kappa shape index (κ2) is 14.1. The van der Waals surface area contributed by atoms with Crippen molar-refractivity contribution in [3.05, 3.63) is 218 Å². The topological polar surface area (TPSA) is 48.8 Å². The minimum Gasteiger partial charge on any atom is -0.456 e. The Balaban J connectivity index is 1.07. The van der Waals surface area contributed by atoms with E-state index in [1.54, 1.807) is 0 Å². The quantitative estimate of drug-likeness (QED) is 0.177.